The van der Waals surface area contributed by atoms with Crippen LogP contribution in [0.4, 0.5) is 0 Å². The van der Waals surface area contributed by atoms with E-state index in [0.29, 0.717) is 0 Å². The summed E-state index contributed by atoms with van der Waals surface area (Å²) in [7, 11) is 0. The highest BCUT2D eigenvalue weighted by Gasteiger charge is 1.84. The summed E-state index contributed by atoms with van der Waals surface area (Å²) in [5.41, 5.74) is 0. The Bertz CT molecular complexity index is 172. The first-order chi connectivity index (χ1) is 6.00. The molecule has 0 aliphatic carbocycles. The zero-order chi connectivity index (χ0) is 8.49. The summed E-state index contributed by atoms with van der Waals surface area (Å²) in [6, 6.07) is 5.72. The summed E-state index contributed by atoms with van der Waals surface area (Å²) in [6.45, 7) is 1.16. The number of hydrogen-bond acceptors (Lipinski definition) is 2. The predicted molar refractivity (Wildman–Crippen MR) is 50.6 cm³/mol. The number of aromatic nitrogens is 1. The summed E-state index contributed by atoms with van der Waals surface area (Å²) in [5.74, 6) is 0. The van der Waals surface area contributed by atoms with Gasteiger partial charge in [0.15, 0.2) is 0 Å². The molecular weight excluding hydrogens is 148 g/mol. The van der Waals surface area contributed by atoms with E-state index in [0.717, 1.165) is 6.54 Å². The number of rotatable bonds is 0. The van der Waals surface area contributed by atoms with Crippen LogP contribution in [-0.4, -0.2) is 11.5 Å². The van der Waals surface area contributed by atoms with Crippen molar-refractivity contribution in [3.05, 3.63) is 42.9 Å². The van der Waals surface area contributed by atoms with Gasteiger partial charge in [0.05, 0.1) is 0 Å². The molecule has 0 spiro atoms. The minimum atomic E-state index is 1.16. The number of nitrogens with zero attached hydrogens (tertiary/aromatic N) is 1. The number of nitrogens with one attached hydrogen (secondary N) is 1. The van der Waals surface area contributed by atoms with Gasteiger partial charge in [0.1, 0.15) is 0 Å². The second-order valence-corrected chi connectivity index (χ2v) is 2.52. The monoisotopic (exact) mass is 162 g/mol. The fourth-order valence-electron chi connectivity index (χ4n) is 0.885. The Kier molecular flexibility index (Phi) is 4.69. The van der Waals surface area contributed by atoms with E-state index in [-0.39, 0.29) is 0 Å². The Morgan fingerprint density at radius 1 is 1.08 bits per heavy atom. The highest BCUT2D eigenvalue weighted by molar-refractivity contribution is 4.88. The number of allylic oxidation sites excluding steroid dienone is 1. The second kappa shape index (κ2) is 6.40. The first-order valence-electron chi connectivity index (χ1n) is 4.23. The number of pyridine rings is 1. The van der Waals surface area contributed by atoms with Crippen molar-refractivity contribution >= 4 is 0 Å². The topological polar surface area (TPSA) is 24.9 Å². The standard InChI is InChI=1S/C5H9N.C5H5N/c2*1-2-4-6-5-3-1/h2,4,6H,1,3,5H2;1-5H. The molecular formula is C10H14N2. The zero-order valence-electron chi connectivity index (χ0n) is 7.11. The van der Waals surface area contributed by atoms with E-state index in [1.165, 1.54) is 12.8 Å². The van der Waals surface area contributed by atoms with Gasteiger partial charge in [-0.2, -0.15) is 0 Å². The third-order valence-corrected chi connectivity index (χ3v) is 1.49. The lowest BCUT2D eigenvalue weighted by atomic mass is 10.2. The molecule has 0 saturated carbocycles. The molecule has 2 nitrogen and oxygen atoms in total. The Balaban J connectivity index is 0.000000120. The molecule has 0 fully saturated rings. The molecule has 12 heavy (non-hydrogen) atoms. The molecule has 0 unspecified atom stereocenters. The molecule has 1 aliphatic heterocycles. The summed E-state index contributed by atoms with van der Waals surface area (Å²) in [4.78, 5) is 3.78. The van der Waals surface area contributed by atoms with Crippen LogP contribution in [0, 0.1) is 0 Å². The first kappa shape index (κ1) is 8.78. The second-order valence-electron chi connectivity index (χ2n) is 2.52. The smallest absolute Gasteiger partial charge is 0.0267 e. The van der Waals surface area contributed by atoms with E-state index in [2.05, 4.69) is 16.4 Å². The molecule has 2 heterocycles. The van der Waals surface area contributed by atoms with Gasteiger partial charge >= 0.3 is 0 Å². The fraction of sp³-hybridized carbons (Fsp3) is 0.300. The summed E-state index contributed by atoms with van der Waals surface area (Å²) >= 11 is 0. The number of hydrogen-bond donors (Lipinski definition) is 1. The normalized spacial score (nSPS) is 14.0. The van der Waals surface area contributed by atoms with Crippen molar-refractivity contribution in [3.8, 4) is 0 Å². The maximum absolute atomic E-state index is 3.78. The Morgan fingerprint density at radius 3 is 2.08 bits per heavy atom. The van der Waals surface area contributed by atoms with Gasteiger partial charge in [0.2, 0.25) is 0 Å². The fourth-order valence-corrected chi connectivity index (χ4v) is 0.885. The van der Waals surface area contributed by atoms with Gasteiger partial charge in [-0.25, -0.2) is 0 Å². The lowest BCUT2D eigenvalue weighted by molar-refractivity contribution is 0.728. The van der Waals surface area contributed by atoms with Crippen LogP contribution in [0.25, 0.3) is 0 Å². The van der Waals surface area contributed by atoms with Crippen molar-refractivity contribution in [2.75, 3.05) is 6.54 Å². The van der Waals surface area contributed by atoms with Crippen molar-refractivity contribution < 1.29 is 0 Å². The van der Waals surface area contributed by atoms with Crippen molar-refractivity contribution in [2.24, 2.45) is 0 Å². The maximum Gasteiger partial charge on any atom is 0.0267 e. The molecule has 2 rings (SSSR count). The van der Waals surface area contributed by atoms with Gasteiger partial charge in [0, 0.05) is 18.9 Å². The van der Waals surface area contributed by atoms with Crippen LogP contribution in [0.1, 0.15) is 12.8 Å². The van der Waals surface area contributed by atoms with Crippen LogP contribution in [0.15, 0.2) is 42.9 Å². The van der Waals surface area contributed by atoms with Gasteiger partial charge in [-0.1, -0.05) is 12.1 Å². The lowest BCUT2D eigenvalue weighted by Gasteiger charge is -2.02. The van der Waals surface area contributed by atoms with E-state index >= 15 is 0 Å². The molecule has 0 bridgehead atoms. The average Bonchev–Trinajstić information content (AvgIpc) is 2.24. The maximum atomic E-state index is 3.78. The molecule has 1 aliphatic rings. The van der Waals surface area contributed by atoms with Gasteiger partial charge in [0.25, 0.3) is 0 Å². The van der Waals surface area contributed by atoms with E-state index in [1.54, 1.807) is 12.4 Å². The van der Waals surface area contributed by atoms with Gasteiger partial charge in [-0.05, 0) is 31.2 Å². The molecule has 0 amide bonds. The molecule has 1 aromatic heterocycles. The van der Waals surface area contributed by atoms with Crippen molar-refractivity contribution in [3.63, 3.8) is 0 Å². The molecule has 64 valence electrons. The van der Waals surface area contributed by atoms with E-state index in [4.69, 9.17) is 0 Å². The van der Waals surface area contributed by atoms with E-state index in [9.17, 15) is 0 Å². The van der Waals surface area contributed by atoms with Crippen LogP contribution in [0.3, 0.4) is 0 Å². The predicted octanol–water partition coefficient (Wildman–Crippen LogP) is 1.97. The van der Waals surface area contributed by atoms with Crippen LogP contribution in [0.5, 0.6) is 0 Å². The Hall–Kier alpha value is -1.31. The third kappa shape index (κ3) is 4.50. The largest absolute Gasteiger partial charge is 0.391 e. The molecule has 2 heteroatoms. The summed E-state index contributed by atoms with van der Waals surface area (Å²) < 4.78 is 0. The zero-order valence-corrected chi connectivity index (χ0v) is 7.11. The van der Waals surface area contributed by atoms with Crippen molar-refractivity contribution in [2.45, 2.75) is 12.8 Å². The van der Waals surface area contributed by atoms with Crippen molar-refractivity contribution in [1.82, 2.24) is 10.3 Å². The quantitative estimate of drug-likeness (QED) is 0.630. The highest BCUT2D eigenvalue weighted by Crippen LogP contribution is 1.91. The van der Waals surface area contributed by atoms with Crippen LogP contribution in [0.2, 0.25) is 0 Å². The Morgan fingerprint density at radius 2 is 1.92 bits per heavy atom. The third-order valence-electron chi connectivity index (χ3n) is 1.49. The minimum Gasteiger partial charge on any atom is -0.391 e. The highest BCUT2D eigenvalue weighted by atomic mass is 14.8. The minimum absolute atomic E-state index is 1.16. The van der Waals surface area contributed by atoms with Crippen LogP contribution in [-0.2, 0) is 0 Å². The van der Waals surface area contributed by atoms with E-state index < -0.39 is 0 Å². The van der Waals surface area contributed by atoms with Crippen LogP contribution >= 0.6 is 0 Å². The summed E-state index contributed by atoms with van der Waals surface area (Å²) in [5, 5.41) is 3.10. The molecule has 0 radical (unpaired) electrons. The van der Waals surface area contributed by atoms with Crippen molar-refractivity contribution in [1.29, 1.82) is 0 Å². The molecule has 0 saturated heterocycles. The van der Waals surface area contributed by atoms with Gasteiger partial charge in [-0.15, -0.1) is 0 Å². The van der Waals surface area contributed by atoms with Gasteiger partial charge < -0.3 is 5.32 Å². The van der Waals surface area contributed by atoms with Gasteiger partial charge in [-0.3, -0.25) is 4.98 Å². The first-order valence-corrected chi connectivity index (χ1v) is 4.23. The Labute approximate surface area is 73.3 Å². The average molecular weight is 162 g/mol. The van der Waals surface area contributed by atoms with Crippen LogP contribution < -0.4 is 5.32 Å². The lowest BCUT2D eigenvalue weighted by Crippen LogP contribution is -2.09. The SMILES string of the molecule is C1=CNCCC1.c1ccncc1. The van der Waals surface area contributed by atoms with E-state index in [1.807, 2.05) is 24.4 Å². The molecule has 1 N–H and O–H groups in total. The molecule has 0 aromatic carbocycles. The molecule has 1 aromatic rings. The summed E-state index contributed by atoms with van der Waals surface area (Å²) in [6.07, 6.45) is 10.2. The molecule has 0 atom stereocenters.